The van der Waals surface area contributed by atoms with E-state index in [2.05, 4.69) is 9.71 Å². The summed E-state index contributed by atoms with van der Waals surface area (Å²) in [6, 6.07) is 6.39. The summed E-state index contributed by atoms with van der Waals surface area (Å²) in [4.78, 5) is 4.11. The Bertz CT molecular complexity index is 726. The minimum atomic E-state index is -1.15. The van der Waals surface area contributed by atoms with Crippen LogP contribution in [0.3, 0.4) is 0 Å². The number of aryl methyl sites for hydroxylation is 1. The Hall–Kier alpha value is -1.88. The average Bonchev–Trinajstić information content (AvgIpc) is 2.93. The highest BCUT2D eigenvalue weighted by atomic mass is 32.2. The van der Waals surface area contributed by atoms with Gasteiger partial charge in [0.2, 0.25) is 0 Å². The second-order valence-electron chi connectivity index (χ2n) is 6.09. The number of imidazole rings is 1. The van der Waals surface area contributed by atoms with Gasteiger partial charge in [-0.15, -0.1) is 4.72 Å². The summed E-state index contributed by atoms with van der Waals surface area (Å²) in [7, 11) is 1.86. The first kappa shape index (κ1) is 18.5. The van der Waals surface area contributed by atoms with E-state index in [1.54, 1.807) is 18.6 Å². The number of hydrogen-bond acceptors (Lipinski definition) is 4. The molecule has 0 bridgehead atoms. The van der Waals surface area contributed by atoms with Crippen LogP contribution in [0, 0.1) is 23.1 Å². The molecule has 0 aliphatic rings. The van der Waals surface area contributed by atoms with E-state index >= 15 is 0 Å². The molecule has 0 aliphatic carbocycles. The van der Waals surface area contributed by atoms with Gasteiger partial charge in [-0.3, -0.25) is 0 Å². The lowest BCUT2D eigenvalue weighted by Gasteiger charge is -2.20. The lowest BCUT2D eigenvalue weighted by atomic mass is 9.95. The molecule has 1 heterocycles. The monoisotopic (exact) mass is 348 g/mol. The highest BCUT2D eigenvalue weighted by Gasteiger charge is 2.21. The molecule has 2 atom stereocenters. The van der Waals surface area contributed by atoms with Gasteiger partial charge in [0.05, 0.1) is 18.4 Å². The van der Waals surface area contributed by atoms with Crippen LogP contribution in [0.15, 0.2) is 30.7 Å². The van der Waals surface area contributed by atoms with Crippen molar-refractivity contribution in [2.75, 3.05) is 12.3 Å². The number of nitrogens with one attached hydrogen (secondary N) is 1. The van der Waals surface area contributed by atoms with Gasteiger partial charge in [-0.1, -0.05) is 19.9 Å². The third kappa shape index (κ3) is 4.57. The Morgan fingerprint density at radius 2 is 2.21 bits per heavy atom. The third-order valence-corrected chi connectivity index (χ3v) is 5.12. The number of halogens is 1. The van der Waals surface area contributed by atoms with Crippen molar-refractivity contribution in [2.45, 2.75) is 19.8 Å². The number of rotatable bonds is 7. The minimum absolute atomic E-state index is 0.0128. The van der Waals surface area contributed by atoms with Crippen LogP contribution < -0.4 is 4.72 Å². The zero-order valence-corrected chi connectivity index (χ0v) is 14.8. The van der Waals surface area contributed by atoms with Gasteiger partial charge >= 0.3 is 0 Å². The summed E-state index contributed by atoms with van der Waals surface area (Å²) in [5, 5.41) is 8.88. The van der Waals surface area contributed by atoms with Crippen LogP contribution in [-0.2, 0) is 18.4 Å². The normalized spacial score (nSPS) is 13.7. The van der Waals surface area contributed by atoms with Crippen molar-refractivity contribution in [3.63, 3.8) is 0 Å². The second kappa shape index (κ2) is 8.29. The molecule has 24 heavy (non-hydrogen) atoms. The number of aromatic nitrogens is 2. The molecule has 1 aromatic heterocycles. The molecule has 0 radical (unpaired) electrons. The molecule has 0 amide bonds. The molecule has 1 aromatic carbocycles. The van der Waals surface area contributed by atoms with Gasteiger partial charge < -0.3 is 9.12 Å². The maximum absolute atomic E-state index is 14.0. The molecule has 2 aromatic rings. The van der Waals surface area contributed by atoms with Crippen molar-refractivity contribution in [3.05, 3.63) is 53.4 Å². The molecule has 2 unspecified atom stereocenters. The summed E-state index contributed by atoms with van der Waals surface area (Å²) in [5.41, 5.74) is 1.61. The summed E-state index contributed by atoms with van der Waals surface area (Å²) in [6.45, 7) is 4.41. The second-order valence-corrected chi connectivity index (χ2v) is 7.40. The first-order chi connectivity index (χ1) is 11.4. The van der Waals surface area contributed by atoms with Gasteiger partial charge in [0.15, 0.2) is 0 Å². The van der Waals surface area contributed by atoms with Crippen molar-refractivity contribution in [1.29, 1.82) is 5.26 Å². The lowest BCUT2D eigenvalue weighted by Crippen LogP contribution is -2.33. The van der Waals surface area contributed by atoms with Crippen molar-refractivity contribution in [2.24, 2.45) is 13.0 Å². The van der Waals surface area contributed by atoms with Crippen LogP contribution in [0.5, 0.6) is 0 Å². The van der Waals surface area contributed by atoms with E-state index in [1.807, 2.05) is 31.5 Å². The predicted octanol–water partition coefficient (Wildman–Crippen LogP) is 2.47. The largest absolute Gasteiger partial charge is 0.598 e. The summed E-state index contributed by atoms with van der Waals surface area (Å²) in [5.74, 6) is 0.113. The molecule has 0 fully saturated rings. The van der Waals surface area contributed by atoms with E-state index in [0.717, 1.165) is 5.69 Å². The van der Waals surface area contributed by atoms with Crippen LogP contribution in [0.25, 0.3) is 0 Å². The average molecular weight is 348 g/mol. The van der Waals surface area contributed by atoms with Gasteiger partial charge in [0.25, 0.3) is 0 Å². The van der Waals surface area contributed by atoms with E-state index in [4.69, 9.17) is 5.26 Å². The van der Waals surface area contributed by atoms with Crippen LogP contribution >= 0.6 is 0 Å². The maximum Gasteiger partial charge on any atom is 0.141 e. The van der Waals surface area contributed by atoms with Gasteiger partial charge in [-0.2, -0.15) is 5.26 Å². The lowest BCUT2D eigenvalue weighted by molar-refractivity contribution is 0.560. The van der Waals surface area contributed by atoms with E-state index in [-0.39, 0.29) is 11.5 Å². The fourth-order valence-electron chi connectivity index (χ4n) is 2.47. The highest BCUT2D eigenvalue weighted by molar-refractivity contribution is 7.89. The zero-order chi connectivity index (χ0) is 17.7. The smallest absolute Gasteiger partial charge is 0.141 e. The van der Waals surface area contributed by atoms with E-state index < -0.39 is 17.2 Å². The van der Waals surface area contributed by atoms with Crippen LogP contribution in [0.2, 0.25) is 0 Å². The quantitative estimate of drug-likeness (QED) is 0.780. The Labute approximate surface area is 144 Å². The molecule has 2 rings (SSSR count). The Morgan fingerprint density at radius 1 is 1.46 bits per heavy atom. The predicted molar refractivity (Wildman–Crippen MR) is 92.0 cm³/mol. The zero-order valence-electron chi connectivity index (χ0n) is 14.0. The Balaban J connectivity index is 2.26. The van der Waals surface area contributed by atoms with Crippen LogP contribution in [0.4, 0.5) is 4.39 Å². The van der Waals surface area contributed by atoms with Gasteiger partial charge in [-0.25, -0.2) is 9.37 Å². The standard InChI is InChI=1S/C17H21FN4OS/c1-12(2)10-24(23)21-8-15(17-9-20-11-22(17)3)13-4-5-14(7-19)16(18)6-13/h4-6,9,11-12,15,21H,8,10H2,1-3H3. The molecule has 0 saturated heterocycles. The molecule has 7 heteroatoms. The number of hydrogen-bond donors (Lipinski definition) is 1. The van der Waals surface area contributed by atoms with E-state index in [1.165, 1.54) is 12.1 Å². The SMILES string of the molecule is CC(C)C[S+]([O-])NCC(c1ccc(C#N)c(F)c1)c1cncn1C. The minimum Gasteiger partial charge on any atom is -0.598 e. The van der Waals surface area contributed by atoms with Gasteiger partial charge in [0.1, 0.15) is 17.6 Å². The van der Waals surface area contributed by atoms with Crippen molar-refractivity contribution >= 4 is 11.4 Å². The van der Waals surface area contributed by atoms with Gasteiger partial charge in [0, 0.05) is 36.2 Å². The van der Waals surface area contributed by atoms with Crippen LogP contribution in [0.1, 0.15) is 36.6 Å². The molecule has 5 nitrogen and oxygen atoms in total. The van der Waals surface area contributed by atoms with E-state index in [9.17, 15) is 8.94 Å². The fraction of sp³-hybridized carbons (Fsp3) is 0.412. The molecule has 0 aliphatic heterocycles. The molecular weight excluding hydrogens is 327 g/mol. The molecule has 0 spiro atoms. The first-order valence-corrected chi connectivity index (χ1v) is 9.02. The third-order valence-electron chi connectivity index (χ3n) is 3.66. The summed E-state index contributed by atoms with van der Waals surface area (Å²) >= 11 is -1.15. The molecule has 128 valence electrons. The highest BCUT2D eigenvalue weighted by Crippen LogP contribution is 2.25. The van der Waals surface area contributed by atoms with E-state index in [0.29, 0.717) is 23.8 Å². The van der Waals surface area contributed by atoms with Crippen molar-refractivity contribution < 1.29 is 8.94 Å². The Morgan fingerprint density at radius 3 is 2.75 bits per heavy atom. The fourth-order valence-corrected chi connectivity index (χ4v) is 3.55. The first-order valence-electron chi connectivity index (χ1n) is 7.70. The topological polar surface area (TPSA) is 76.7 Å². The molecular formula is C17H21FN4OS. The maximum atomic E-state index is 14.0. The summed E-state index contributed by atoms with van der Waals surface area (Å²) in [6.07, 6.45) is 3.39. The van der Waals surface area contributed by atoms with Crippen LogP contribution in [-0.4, -0.2) is 26.4 Å². The van der Waals surface area contributed by atoms with Crippen molar-refractivity contribution in [3.8, 4) is 6.07 Å². The molecule has 1 N–H and O–H groups in total. The Kier molecular flexibility index (Phi) is 6.37. The number of nitrogens with zero attached hydrogens (tertiary/aromatic N) is 3. The van der Waals surface area contributed by atoms with Crippen molar-refractivity contribution in [1.82, 2.24) is 14.3 Å². The van der Waals surface area contributed by atoms with Gasteiger partial charge in [-0.05, 0) is 23.6 Å². The number of benzene rings is 1. The number of nitriles is 1. The summed E-state index contributed by atoms with van der Waals surface area (Å²) < 4.78 is 30.9. The molecule has 0 saturated carbocycles.